The molecule has 0 aromatic heterocycles. The number of rotatable bonds is 3. The van der Waals surface area contributed by atoms with Crippen molar-refractivity contribution < 1.29 is 19.1 Å². The number of carbonyl (C=O) groups is 2. The maximum absolute atomic E-state index is 12.4. The fourth-order valence-corrected chi connectivity index (χ4v) is 1.52. The SMILES string of the molecule is O=C(O)CC(=O)Sc1ccc(F)cc1. The molecular weight excluding hydrogens is 207 g/mol. The molecule has 0 atom stereocenters. The predicted octanol–water partition coefficient (Wildman–Crippen LogP) is 1.92. The molecule has 0 fully saturated rings. The van der Waals surface area contributed by atoms with Crippen LogP contribution in [0.4, 0.5) is 4.39 Å². The Morgan fingerprint density at radius 1 is 1.29 bits per heavy atom. The Balaban J connectivity index is 2.56. The van der Waals surface area contributed by atoms with Crippen molar-refractivity contribution in [3.63, 3.8) is 0 Å². The molecule has 1 aromatic rings. The number of hydrogen-bond donors (Lipinski definition) is 1. The van der Waals surface area contributed by atoms with Gasteiger partial charge in [0.2, 0.25) is 5.12 Å². The van der Waals surface area contributed by atoms with Crippen molar-refractivity contribution in [2.75, 3.05) is 0 Å². The second-order valence-electron chi connectivity index (χ2n) is 2.50. The quantitative estimate of drug-likeness (QED) is 0.617. The van der Waals surface area contributed by atoms with E-state index in [1.807, 2.05) is 0 Å². The zero-order valence-electron chi connectivity index (χ0n) is 7.07. The number of carbonyl (C=O) groups excluding carboxylic acids is 1. The lowest BCUT2D eigenvalue weighted by molar-refractivity contribution is -0.138. The fourth-order valence-electron chi connectivity index (χ4n) is 0.794. The van der Waals surface area contributed by atoms with E-state index in [-0.39, 0.29) is 5.82 Å². The molecule has 0 bridgehead atoms. The van der Waals surface area contributed by atoms with Gasteiger partial charge >= 0.3 is 5.97 Å². The van der Waals surface area contributed by atoms with Crippen LogP contribution < -0.4 is 0 Å². The third-order valence-electron chi connectivity index (χ3n) is 1.34. The summed E-state index contributed by atoms with van der Waals surface area (Å²) >= 11 is 0.794. The first-order valence-electron chi connectivity index (χ1n) is 3.76. The number of carboxylic acids is 1. The van der Waals surface area contributed by atoms with Gasteiger partial charge in [-0.05, 0) is 24.3 Å². The Bertz CT molecular complexity index is 348. The van der Waals surface area contributed by atoms with Crippen molar-refractivity contribution >= 4 is 22.8 Å². The van der Waals surface area contributed by atoms with Gasteiger partial charge in [0.05, 0.1) is 0 Å². The lowest BCUT2D eigenvalue weighted by Gasteiger charge is -1.97. The molecule has 0 aliphatic carbocycles. The van der Waals surface area contributed by atoms with Crippen LogP contribution in [0.2, 0.25) is 0 Å². The Hall–Kier alpha value is -1.36. The van der Waals surface area contributed by atoms with E-state index >= 15 is 0 Å². The van der Waals surface area contributed by atoms with E-state index < -0.39 is 17.5 Å². The van der Waals surface area contributed by atoms with Crippen molar-refractivity contribution in [2.45, 2.75) is 11.3 Å². The minimum Gasteiger partial charge on any atom is -0.481 e. The van der Waals surface area contributed by atoms with Crippen molar-refractivity contribution in [2.24, 2.45) is 0 Å². The highest BCUT2D eigenvalue weighted by Gasteiger charge is 2.09. The smallest absolute Gasteiger partial charge is 0.311 e. The van der Waals surface area contributed by atoms with E-state index in [1.165, 1.54) is 24.3 Å². The van der Waals surface area contributed by atoms with Crippen LogP contribution in [0.3, 0.4) is 0 Å². The summed E-state index contributed by atoms with van der Waals surface area (Å²) in [4.78, 5) is 21.7. The summed E-state index contributed by atoms with van der Waals surface area (Å²) < 4.78 is 12.4. The van der Waals surface area contributed by atoms with Crippen molar-refractivity contribution in [1.29, 1.82) is 0 Å². The number of aliphatic carboxylic acids is 1. The molecule has 0 saturated carbocycles. The normalized spacial score (nSPS) is 9.79. The maximum atomic E-state index is 12.4. The summed E-state index contributed by atoms with van der Waals surface area (Å²) in [5.74, 6) is -1.55. The van der Waals surface area contributed by atoms with Gasteiger partial charge in [-0.25, -0.2) is 4.39 Å². The second-order valence-corrected chi connectivity index (χ2v) is 3.63. The van der Waals surface area contributed by atoms with Crippen LogP contribution in [0.1, 0.15) is 6.42 Å². The zero-order valence-corrected chi connectivity index (χ0v) is 7.88. The monoisotopic (exact) mass is 214 g/mol. The van der Waals surface area contributed by atoms with Crippen molar-refractivity contribution in [3.05, 3.63) is 30.1 Å². The highest BCUT2D eigenvalue weighted by atomic mass is 32.2. The van der Waals surface area contributed by atoms with Crippen LogP contribution in [0, 0.1) is 5.82 Å². The summed E-state index contributed by atoms with van der Waals surface area (Å²) in [6, 6.07) is 5.30. The van der Waals surface area contributed by atoms with Gasteiger partial charge in [0.1, 0.15) is 12.2 Å². The van der Waals surface area contributed by atoms with Crippen LogP contribution in [0.5, 0.6) is 0 Å². The van der Waals surface area contributed by atoms with Crippen molar-refractivity contribution in [3.8, 4) is 0 Å². The summed E-state index contributed by atoms with van der Waals surface area (Å²) in [5, 5.41) is 7.84. The molecule has 1 rings (SSSR count). The highest BCUT2D eigenvalue weighted by molar-refractivity contribution is 8.13. The number of carboxylic acid groups (broad SMARTS) is 1. The predicted molar refractivity (Wildman–Crippen MR) is 49.5 cm³/mol. The first-order chi connectivity index (χ1) is 6.58. The first kappa shape index (κ1) is 10.7. The lowest BCUT2D eigenvalue weighted by Crippen LogP contribution is -2.02. The Kier molecular flexibility index (Phi) is 3.64. The van der Waals surface area contributed by atoms with E-state index in [2.05, 4.69) is 0 Å². The van der Waals surface area contributed by atoms with E-state index in [9.17, 15) is 14.0 Å². The first-order valence-corrected chi connectivity index (χ1v) is 4.57. The summed E-state index contributed by atoms with van der Waals surface area (Å²) in [7, 11) is 0. The molecule has 0 radical (unpaired) electrons. The van der Waals surface area contributed by atoms with Gasteiger partial charge in [-0.2, -0.15) is 0 Å². The second kappa shape index (κ2) is 4.76. The van der Waals surface area contributed by atoms with Crippen LogP contribution in [0.15, 0.2) is 29.2 Å². The number of hydrogen-bond acceptors (Lipinski definition) is 3. The molecule has 0 aliphatic rings. The molecule has 0 heterocycles. The highest BCUT2D eigenvalue weighted by Crippen LogP contribution is 2.20. The lowest BCUT2D eigenvalue weighted by atomic mass is 10.4. The number of halogens is 1. The molecule has 14 heavy (non-hydrogen) atoms. The van der Waals surface area contributed by atoms with Gasteiger partial charge in [0, 0.05) is 4.90 Å². The van der Waals surface area contributed by atoms with E-state index in [1.54, 1.807) is 0 Å². The van der Waals surface area contributed by atoms with Crippen LogP contribution in [-0.2, 0) is 9.59 Å². The largest absolute Gasteiger partial charge is 0.481 e. The summed E-state index contributed by atoms with van der Waals surface area (Å²) in [6.45, 7) is 0. The average molecular weight is 214 g/mol. The van der Waals surface area contributed by atoms with E-state index in [4.69, 9.17) is 5.11 Å². The topological polar surface area (TPSA) is 54.4 Å². The Morgan fingerprint density at radius 3 is 2.36 bits per heavy atom. The zero-order chi connectivity index (χ0) is 10.6. The molecule has 3 nitrogen and oxygen atoms in total. The molecule has 74 valence electrons. The third-order valence-corrected chi connectivity index (χ3v) is 2.22. The Morgan fingerprint density at radius 2 is 1.86 bits per heavy atom. The fraction of sp³-hybridized carbons (Fsp3) is 0.111. The summed E-state index contributed by atoms with van der Waals surface area (Å²) in [6.07, 6.45) is -0.526. The standard InChI is InChI=1S/C9H7FO3S/c10-6-1-3-7(4-2-6)14-9(13)5-8(11)12/h1-4H,5H2,(H,11,12). The summed E-state index contributed by atoms with van der Waals surface area (Å²) in [5.41, 5.74) is 0. The van der Waals surface area contributed by atoms with E-state index in [0.717, 1.165) is 11.8 Å². The average Bonchev–Trinajstić information content (AvgIpc) is 2.07. The Labute approximate surface area is 83.9 Å². The molecule has 5 heteroatoms. The van der Waals surface area contributed by atoms with Crippen LogP contribution >= 0.6 is 11.8 Å². The van der Waals surface area contributed by atoms with Crippen molar-refractivity contribution in [1.82, 2.24) is 0 Å². The van der Waals surface area contributed by atoms with Gasteiger partial charge in [-0.3, -0.25) is 9.59 Å². The molecule has 0 amide bonds. The molecule has 0 aliphatic heterocycles. The van der Waals surface area contributed by atoms with Gasteiger partial charge in [0.25, 0.3) is 0 Å². The van der Waals surface area contributed by atoms with Gasteiger partial charge < -0.3 is 5.11 Å². The maximum Gasteiger partial charge on any atom is 0.311 e. The third kappa shape index (κ3) is 3.57. The molecule has 1 aromatic carbocycles. The molecule has 0 spiro atoms. The minimum atomic E-state index is -1.16. The minimum absolute atomic E-state index is 0.389. The van der Waals surface area contributed by atoms with Gasteiger partial charge in [-0.1, -0.05) is 11.8 Å². The molecular formula is C9H7FO3S. The van der Waals surface area contributed by atoms with E-state index in [0.29, 0.717) is 4.90 Å². The van der Waals surface area contributed by atoms with Gasteiger partial charge in [-0.15, -0.1) is 0 Å². The number of thioether (sulfide) groups is 1. The van der Waals surface area contributed by atoms with Crippen LogP contribution in [-0.4, -0.2) is 16.2 Å². The number of benzene rings is 1. The van der Waals surface area contributed by atoms with Crippen LogP contribution in [0.25, 0.3) is 0 Å². The van der Waals surface area contributed by atoms with Gasteiger partial charge in [0.15, 0.2) is 0 Å². The molecule has 0 unspecified atom stereocenters. The molecule has 1 N–H and O–H groups in total. The molecule has 0 saturated heterocycles.